The first-order valence-electron chi connectivity index (χ1n) is 6.89. The third-order valence-corrected chi connectivity index (χ3v) is 3.59. The van der Waals surface area contributed by atoms with E-state index >= 15 is 0 Å². The Hall–Kier alpha value is -0.790. The Morgan fingerprint density at radius 1 is 0.900 bits per heavy atom. The highest BCUT2D eigenvalue weighted by molar-refractivity contribution is 7.81. The molecule has 0 rings (SSSR count). The predicted octanol–water partition coefficient (Wildman–Crippen LogP) is 2.17. The second-order valence-electron chi connectivity index (χ2n) is 4.53. The van der Waals surface area contributed by atoms with Crippen LogP contribution in [0, 0.1) is 0 Å². The van der Waals surface area contributed by atoms with Crippen molar-refractivity contribution < 1.29 is 26.4 Å². The van der Waals surface area contributed by atoms with Crippen molar-refractivity contribution in [3.05, 3.63) is 0 Å². The Morgan fingerprint density at radius 2 is 1.45 bits per heavy atom. The van der Waals surface area contributed by atoms with Crippen molar-refractivity contribution >= 4 is 22.0 Å². The minimum absolute atomic E-state index is 0.0123. The molecule has 0 saturated carbocycles. The van der Waals surface area contributed by atoms with E-state index in [0.29, 0.717) is 44.9 Å². The van der Waals surface area contributed by atoms with Crippen molar-refractivity contribution in [2.75, 3.05) is 13.7 Å². The molecule has 0 bridgehead atoms. The smallest absolute Gasteiger partial charge is 0.300 e. The molecule has 0 radical (unpaired) electrons. The van der Waals surface area contributed by atoms with Crippen LogP contribution in [-0.2, 0) is 28.4 Å². The zero-order valence-corrected chi connectivity index (χ0v) is 13.0. The average molecular weight is 308 g/mol. The molecule has 0 heterocycles. The Bertz CT molecular complexity index is 388. The molecule has 0 N–H and O–H groups in total. The summed E-state index contributed by atoms with van der Waals surface area (Å²) in [4.78, 5) is 22.8. The summed E-state index contributed by atoms with van der Waals surface area (Å²) < 4.78 is 30.2. The summed E-state index contributed by atoms with van der Waals surface area (Å²) in [5.41, 5.74) is 0. The topological polar surface area (TPSA) is 86.7 Å². The highest BCUT2D eigenvalue weighted by Gasteiger charge is 2.09. The molecule has 0 aliphatic carbocycles. The Balaban J connectivity index is 3.53. The normalized spacial score (nSPS) is 11.5. The first-order valence-corrected chi connectivity index (χ1v) is 8.23. The molecular weight excluding hydrogens is 284 g/mol. The van der Waals surface area contributed by atoms with Gasteiger partial charge >= 0.3 is 10.4 Å². The molecule has 118 valence electrons. The maximum atomic E-state index is 11.5. The zero-order valence-electron chi connectivity index (χ0n) is 12.2. The molecule has 20 heavy (non-hydrogen) atoms. The van der Waals surface area contributed by atoms with E-state index in [1.165, 1.54) is 0 Å². The lowest BCUT2D eigenvalue weighted by atomic mass is 10.0. The van der Waals surface area contributed by atoms with E-state index < -0.39 is 10.4 Å². The molecule has 0 spiro atoms. The van der Waals surface area contributed by atoms with Crippen molar-refractivity contribution in [1.82, 2.24) is 0 Å². The van der Waals surface area contributed by atoms with Crippen molar-refractivity contribution in [2.24, 2.45) is 0 Å². The summed E-state index contributed by atoms with van der Waals surface area (Å²) in [6.07, 6.45) is 4.34. The summed E-state index contributed by atoms with van der Waals surface area (Å²) in [7, 11) is -2.85. The molecule has 6 nitrogen and oxygen atoms in total. The lowest BCUT2D eigenvalue weighted by Gasteiger charge is -2.03. The SMILES string of the molecule is CCCC(=O)CCCC(=O)CCCCOS(=O)(=O)OC. The minimum atomic E-state index is -3.87. The van der Waals surface area contributed by atoms with Crippen LogP contribution in [0.5, 0.6) is 0 Å². The van der Waals surface area contributed by atoms with Crippen molar-refractivity contribution in [3.63, 3.8) is 0 Å². The van der Waals surface area contributed by atoms with E-state index in [1.54, 1.807) is 0 Å². The molecule has 0 saturated heterocycles. The van der Waals surface area contributed by atoms with Gasteiger partial charge in [-0.1, -0.05) is 6.92 Å². The van der Waals surface area contributed by atoms with Gasteiger partial charge in [0.05, 0.1) is 13.7 Å². The third-order valence-electron chi connectivity index (χ3n) is 2.72. The van der Waals surface area contributed by atoms with Gasteiger partial charge in [-0.15, -0.1) is 0 Å². The predicted molar refractivity (Wildman–Crippen MR) is 74.5 cm³/mol. The average Bonchev–Trinajstić information content (AvgIpc) is 2.38. The van der Waals surface area contributed by atoms with E-state index in [9.17, 15) is 18.0 Å². The van der Waals surface area contributed by atoms with E-state index in [4.69, 9.17) is 0 Å². The number of rotatable bonds is 13. The molecule has 7 heteroatoms. The summed E-state index contributed by atoms with van der Waals surface area (Å²) in [6.45, 7) is 1.97. The molecular formula is C13H24O6S. The quantitative estimate of drug-likeness (QED) is 0.485. The second-order valence-corrected chi connectivity index (χ2v) is 5.92. The van der Waals surface area contributed by atoms with Crippen molar-refractivity contribution in [2.45, 2.75) is 58.3 Å². The van der Waals surface area contributed by atoms with Crippen LogP contribution >= 0.6 is 0 Å². The number of Topliss-reactive ketones (excluding diaryl/α,β-unsaturated/α-hetero) is 2. The van der Waals surface area contributed by atoms with Gasteiger partial charge in [0.1, 0.15) is 11.6 Å². The highest BCUT2D eigenvalue weighted by Crippen LogP contribution is 2.07. The molecule has 0 aliphatic rings. The number of hydrogen-bond donors (Lipinski definition) is 0. The molecule has 0 aromatic carbocycles. The first-order chi connectivity index (χ1) is 9.41. The van der Waals surface area contributed by atoms with Crippen LogP contribution in [0.3, 0.4) is 0 Å². The van der Waals surface area contributed by atoms with E-state index in [2.05, 4.69) is 8.37 Å². The minimum Gasteiger partial charge on any atom is -0.300 e. The Morgan fingerprint density at radius 3 is 2.00 bits per heavy atom. The molecule has 0 amide bonds. The second kappa shape index (κ2) is 10.9. The fourth-order valence-corrected chi connectivity index (χ4v) is 2.06. The van der Waals surface area contributed by atoms with Crippen LogP contribution < -0.4 is 0 Å². The maximum absolute atomic E-state index is 11.5. The molecule has 0 atom stereocenters. The first kappa shape index (κ1) is 19.2. The molecule has 0 aliphatic heterocycles. The third kappa shape index (κ3) is 11.1. The number of carbonyl (C=O) groups is 2. The fourth-order valence-electron chi connectivity index (χ4n) is 1.64. The molecule has 0 unspecified atom stereocenters. The van der Waals surface area contributed by atoms with Gasteiger partial charge in [-0.2, -0.15) is 8.42 Å². The monoisotopic (exact) mass is 308 g/mol. The number of unbranched alkanes of at least 4 members (excludes halogenated alkanes) is 1. The van der Waals surface area contributed by atoms with Crippen molar-refractivity contribution in [1.29, 1.82) is 0 Å². The van der Waals surface area contributed by atoms with E-state index in [0.717, 1.165) is 13.5 Å². The van der Waals surface area contributed by atoms with Crippen LogP contribution in [0.25, 0.3) is 0 Å². The van der Waals surface area contributed by atoms with E-state index in [1.807, 2.05) is 6.92 Å². The zero-order chi connectivity index (χ0) is 15.4. The van der Waals surface area contributed by atoms with Gasteiger partial charge in [-0.3, -0.25) is 13.8 Å². The van der Waals surface area contributed by atoms with Gasteiger partial charge in [0.2, 0.25) is 0 Å². The summed E-state index contributed by atoms with van der Waals surface area (Å²) in [5.74, 6) is 0.308. The molecule has 0 fully saturated rings. The number of carbonyl (C=O) groups excluding carboxylic acids is 2. The lowest BCUT2D eigenvalue weighted by Crippen LogP contribution is -2.09. The van der Waals surface area contributed by atoms with Gasteiger partial charge in [-0.25, -0.2) is 4.18 Å². The van der Waals surface area contributed by atoms with Gasteiger partial charge in [0.25, 0.3) is 0 Å². The molecule has 0 aromatic heterocycles. The van der Waals surface area contributed by atoms with Crippen LogP contribution in [0.1, 0.15) is 58.3 Å². The summed E-state index contributed by atoms with van der Waals surface area (Å²) >= 11 is 0. The van der Waals surface area contributed by atoms with Crippen LogP contribution in [0.15, 0.2) is 0 Å². The Labute approximate surface area is 121 Å². The summed E-state index contributed by atoms with van der Waals surface area (Å²) in [5, 5.41) is 0. The lowest BCUT2D eigenvalue weighted by molar-refractivity contribution is -0.120. The van der Waals surface area contributed by atoms with Crippen LogP contribution in [0.2, 0.25) is 0 Å². The van der Waals surface area contributed by atoms with Gasteiger partial charge in [0.15, 0.2) is 0 Å². The largest absolute Gasteiger partial charge is 0.399 e. The fraction of sp³-hybridized carbons (Fsp3) is 0.846. The van der Waals surface area contributed by atoms with Crippen LogP contribution in [0.4, 0.5) is 0 Å². The maximum Gasteiger partial charge on any atom is 0.399 e. The van der Waals surface area contributed by atoms with Gasteiger partial charge in [0, 0.05) is 25.7 Å². The summed E-state index contributed by atoms with van der Waals surface area (Å²) in [6, 6.07) is 0. The van der Waals surface area contributed by atoms with Gasteiger partial charge in [-0.05, 0) is 25.7 Å². The van der Waals surface area contributed by atoms with E-state index in [-0.39, 0.29) is 18.2 Å². The van der Waals surface area contributed by atoms with Crippen molar-refractivity contribution in [3.8, 4) is 0 Å². The molecule has 0 aromatic rings. The number of ketones is 2. The van der Waals surface area contributed by atoms with Gasteiger partial charge < -0.3 is 0 Å². The standard InChI is InChI=1S/C13H24O6S/c1-3-7-12(14)9-6-10-13(15)8-4-5-11-19-20(16,17)18-2/h3-11H2,1-2H3. The Kier molecular flexibility index (Phi) is 10.5. The number of hydrogen-bond acceptors (Lipinski definition) is 6. The highest BCUT2D eigenvalue weighted by atomic mass is 32.3. The van der Waals surface area contributed by atoms with Crippen LogP contribution in [-0.4, -0.2) is 33.7 Å².